The highest BCUT2D eigenvalue weighted by atomic mass is 15.3. The van der Waals surface area contributed by atoms with Crippen LogP contribution in [0.1, 0.15) is 30.8 Å². The van der Waals surface area contributed by atoms with Gasteiger partial charge in [-0.05, 0) is 45.4 Å². The second kappa shape index (κ2) is 7.59. The van der Waals surface area contributed by atoms with Crippen LogP contribution in [0, 0.1) is 13.8 Å². The number of hydrogen-bond acceptors (Lipinski definition) is 3. The zero-order chi connectivity index (χ0) is 15.9. The number of pyridine rings is 1. The molecule has 118 valence electrons. The van der Waals surface area contributed by atoms with Crippen LogP contribution in [-0.2, 0) is 6.54 Å². The van der Waals surface area contributed by atoms with Gasteiger partial charge in [0.15, 0.2) is 11.8 Å². The number of rotatable bonds is 5. The van der Waals surface area contributed by atoms with E-state index in [1.54, 1.807) is 0 Å². The van der Waals surface area contributed by atoms with E-state index in [1.165, 1.54) is 0 Å². The summed E-state index contributed by atoms with van der Waals surface area (Å²) in [6.07, 6.45) is 1.85. The van der Waals surface area contributed by atoms with E-state index in [9.17, 15) is 0 Å². The molecule has 0 bridgehead atoms. The maximum atomic E-state index is 4.53. The first-order valence-electron chi connectivity index (χ1n) is 7.64. The lowest BCUT2D eigenvalue weighted by Gasteiger charge is -2.09. The maximum absolute atomic E-state index is 4.53. The average molecular weight is 300 g/mol. The molecule has 2 aromatic rings. The van der Waals surface area contributed by atoms with E-state index in [-0.39, 0.29) is 0 Å². The number of guanidine groups is 1. The summed E-state index contributed by atoms with van der Waals surface area (Å²) in [5, 5.41) is 10.9. The topological polar surface area (TPSA) is 67.1 Å². The number of aliphatic imine (C=N–C) groups is 1. The fraction of sp³-hybridized carbons (Fsp3) is 0.438. The Morgan fingerprint density at radius 3 is 2.41 bits per heavy atom. The van der Waals surface area contributed by atoms with Gasteiger partial charge in [0, 0.05) is 25.0 Å². The first-order valence-corrected chi connectivity index (χ1v) is 7.64. The van der Waals surface area contributed by atoms with Crippen LogP contribution in [0.2, 0.25) is 0 Å². The molecule has 0 saturated carbocycles. The number of nitrogens with one attached hydrogen (secondary N) is 2. The van der Waals surface area contributed by atoms with Gasteiger partial charge >= 0.3 is 0 Å². The summed E-state index contributed by atoms with van der Waals surface area (Å²) >= 11 is 0. The van der Waals surface area contributed by atoms with E-state index in [4.69, 9.17) is 0 Å². The van der Waals surface area contributed by atoms with Crippen molar-refractivity contribution in [1.82, 2.24) is 25.4 Å². The van der Waals surface area contributed by atoms with Gasteiger partial charge in [0.1, 0.15) is 0 Å². The molecule has 0 aliphatic rings. The van der Waals surface area contributed by atoms with Gasteiger partial charge in [-0.2, -0.15) is 5.10 Å². The highest BCUT2D eigenvalue weighted by Crippen LogP contribution is 2.10. The van der Waals surface area contributed by atoms with Crippen LogP contribution in [0.25, 0.3) is 5.82 Å². The van der Waals surface area contributed by atoms with Crippen LogP contribution in [0.3, 0.4) is 0 Å². The van der Waals surface area contributed by atoms with Crippen molar-refractivity contribution in [3.8, 4) is 5.82 Å². The lowest BCUT2D eigenvalue weighted by molar-refractivity contribution is 0.802. The number of aryl methyl sites for hydroxylation is 2. The molecule has 2 aromatic heterocycles. The minimum absolute atomic E-state index is 0.597. The lowest BCUT2D eigenvalue weighted by Crippen LogP contribution is -2.36. The van der Waals surface area contributed by atoms with Gasteiger partial charge in [-0.1, -0.05) is 6.07 Å². The highest BCUT2D eigenvalue weighted by Gasteiger charge is 2.04. The van der Waals surface area contributed by atoms with Crippen LogP contribution in [0.15, 0.2) is 29.4 Å². The molecule has 0 aromatic carbocycles. The minimum Gasteiger partial charge on any atom is -0.357 e. The summed E-state index contributed by atoms with van der Waals surface area (Å²) in [4.78, 5) is 9.01. The average Bonchev–Trinajstić information content (AvgIpc) is 2.84. The van der Waals surface area contributed by atoms with E-state index < -0.39 is 0 Å². The lowest BCUT2D eigenvalue weighted by atomic mass is 10.3. The summed E-state index contributed by atoms with van der Waals surface area (Å²) in [5.41, 5.74) is 3.14. The molecule has 2 N–H and O–H groups in total. The Balaban J connectivity index is 2.08. The third kappa shape index (κ3) is 4.07. The van der Waals surface area contributed by atoms with E-state index in [1.807, 2.05) is 42.9 Å². The fourth-order valence-electron chi connectivity index (χ4n) is 2.18. The largest absolute Gasteiger partial charge is 0.357 e. The van der Waals surface area contributed by atoms with E-state index in [0.29, 0.717) is 6.54 Å². The molecular formula is C16H24N6. The molecule has 0 aliphatic carbocycles. The van der Waals surface area contributed by atoms with Crippen molar-refractivity contribution in [1.29, 1.82) is 0 Å². The standard InChI is InChI=1S/C16H24N6/c1-5-17-16(18-6-2)20-11-14-7-8-15(19-10-14)22-13(4)9-12(3)21-22/h7-10H,5-6,11H2,1-4H3,(H2,17,18,20). The van der Waals surface area contributed by atoms with Crippen LogP contribution in [0.5, 0.6) is 0 Å². The van der Waals surface area contributed by atoms with Gasteiger partial charge in [0.05, 0.1) is 12.2 Å². The molecule has 0 aliphatic heterocycles. The summed E-state index contributed by atoms with van der Waals surface area (Å²) < 4.78 is 1.85. The summed E-state index contributed by atoms with van der Waals surface area (Å²) in [7, 11) is 0. The first-order chi connectivity index (χ1) is 10.6. The second-order valence-corrected chi connectivity index (χ2v) is 5.09. The SMILES string of the molecule is CCNC(=NCc1ccc(-n2nc(C)cc2C)nc1)NCC. The number of nitrogens with zero attached hydrogens (tertiary/aromatic N) is 4. The van der Waals surface area contributed by atoms with E-state index >= 15 is 0 Å². The van der Waals surface area contributed by atoms with Gasteiger partial charge in [-0.25, -0.2) is 14.7 Å². The number of aromatic nitrogens is 3. The molecule has 0 radical (unpaired) electrons. The third-order valence-electron chi connectivity index (χ3n) is 3.14. The van der Waals surface area contributed by atoms with E-state index in [0.717, 1.165) is 41.8 Å². The molecule has 0 amide bonds. The Bertz CT molecular complexity index is 619. The number of hydrogen-bond donors (Lipinski definition) is 2. The van der Waals surface area contributed by atoms with Gasteiger partial charge in [-0.3, -0.25) is 0 Å². The Hall–Kier alpha value is -2.37. The predicted molar refractivity (Wildman–Crippen MR) is 89.3 cm³/mol. The second-order valence-electron chi connectivity index (χ2n) is 5.09. The highest BCUT2D eigenvalue weighted by molar-refractivity contribution is 5.79. The van der Waals surface area contributed by atoms with Crippen molar-refractivity contribution in [3.05, 3.63) is 41.3 Å². The molecule has 6 heteroatoms. The molecule has 0 atom stereocenters. The zero-order valence-electron chi connectivity index (χ0n) is 13.7. The first kappa shape index (κ1) is 16.0. The maximum Gasteiger partial charge on any atom is 0.191 e. The zero-order valence-corrected chi connectivity index (χ0v) is 13.7. The molecule has 22 heavy (non-hydrogen) atoms. The van der Waals surface area contributed by atoms with Crippen molar-refractivity contribution in [2.75, 3.05) is 13.1 Å². The summed E-state index contributed by atoms with van der Waals surface area (Å²) in [6.45, 7) is 10.4. The third-order valence-corrected chi connectivity index (χ3v) is 3.14. The molecule has 2 heterocycles. The molecule has 0 unspecified atom stereocenters. The fourth-order valence-corrected chi connectivity index (χ4v) is 2.18. The van der Waals surface area contributed by atoms with Crippen molar-refractivity contribution >= 4 is 5.96 Å². The molecular weight excluding hydrogens is 276 g/mol. The molecule has 0 spiro atoms. The van der Waals surface area contributed by atoms with Crippen molar-refractivity contribution in [2.45, 2.75) is 34.2 Å². The van der Waals surface area contributed by atoms with Crippen LogP contribution < -0.4 is 10.6 Å². The summed E-state index contributed by atoms with van der Waals surface area (Å²) in [6, 6.07) is 6.06. The predicted octanol–water partition coefficient (Wildman–Crippen LogP) is 1.96. The van der Waals surface area contributed by atoms with Crippen molar-refractivity contribution in [2.24, 2.45) is 4.99 Å². The summed E-state index contributed by atoms with van der Waals surface area (Å²) in [5.74, 6) is 1.66. The molecule has 2 rings (SSSR count). The molecule has 6 nitrogen and oxygen atoms in total. The van der Waals surface area contributed by atoms with Crippen molar-refractivity contribution < 1.29 is 0 Å². The Labute approximate surface area is 131 Å². The molecule has 0 saturated heterocycles. The Morgan fingerprint density at radius 2 is 1.91 bits per heavy atom. The van der Waals surface area contributed by atoms with E-state index in [2.05, 4.69) is 39.6 Å². The van der Waals surface area contributed by atoms with Gasteiger partial charge in [0.25, 0.3) is 0 Å². The Kier molecular flexibility index (Phi) is 5.52. The van der Waals surface area contributed by atoms with Gasteiger partial charge in [0.2, 0.25) is 0 Å². The van der Waals surface area contributed by atoms with Crippen LogP contribution in [-0.4, -0.2) is 33.8 Å². The Morgan fingerprint density at radius 1 is 1.18 bits per heavy atom. The van der Waals surface area contributed by atoms with Crippen molar-refractivity contribution in [3.63, 3.8) is 0 Å². The smallest absolute Gasteiger partial charge is 0.191 e. The van der Waals surface area contributed by atoms with Gasteiger partial charge < -0.3 is 10.6 Å². The van der Waals surface area contributed by atoms with Crippen LogP contribution >= 0.6 is 0 Å². The van der Waals surface area contributed by atoms with Crippen LogP contribution in [0.4, 0.5) is 0 Å². The minimum atomic E-state index is 0.597. The molecule has 0 fully saturated rings. The normalized spacial score (nSPS) is 10.4. The quantitative estimate of drug-likeness (QED) is 0.654. The monoisotopic (exact) mass is 300 g/mol. The van der Waals surface area contributed by atoms with Gasteiger partial charge in [-0.15, -0.1) is 0 Å².